The van der Waals surface area contributed by atoms with Gasteiger partial charge in [-0.25, -0.2) is 9.59 Å². The lowest BCUT2D eigenvalue weighted by Gasteiger charge is -2.26. The molecule has 0 radical (unpaired) electrons. The molecule has 0 aliphatic heterocycles. The summed E-state index contributed by atoms with van der Waals surface area (Å²) in [5.74, 6) is -1.22. The third-order valence-electron chi connectivity index (χ3n) is 3.24. The Morgan fingerprint density at radius 1 is 1.33 bits per heavy atom. The van der Waals surface area contributed by atoms with Crippen molar-refractivity contribution < 1.29 is 19.1 Å². The summed E-state index contributed by atoms with van der Waals surface area (Å²) in [6, 6.07) is 2.87. The summed E-state index contributed by atoms with van der Waals surface area (Å²) in [6.07, 6.45) is 1.79. The van der Waals surface area contributed by atoms with E-state index in [1.807, 2.05) is 17.5 Å². The van der Waals surface area contributed by atoms with Gasteiger partial charge in [-0.1, -0.05) is 6.07 Å². The first-order valence-corrected chi connectivity index (χ1v) is 7.78. The van der Waals surface area contributed by atoms with E-state index in [-0.39, 0.29) is 5.54 Å². The van der Waals surface area contributed by atoms with Crippen molar-refractivity contribution in [2.45, 2.75) is 50.8 Å². The second-order valence-electron chi connectivity index (χ2n) is 6.19. The van der Waals surface area contributed by atoms with Gasteiger partial charge in [0.15, 0.2) is 0 Å². The summed E-state index contributed by atoms with van der Waals surface area (Å²) in [7, 11) is 1.27. The highest BCUT2D eigenvalue weighted by Gasteiger charge is 2.50. The first-order chi connectivity index (χ1) is 9.77. The zero-order valence-electron chi connectivity index (χ0n) is 12.8. The number of methoxy groups -OCH3 is 1. The highest BCUT2D eigenvalue weighted by atomic mass is 32.1. The van der Waals surface area contributed by atoms with Gasteiger partial charge in [0.1, 0.15) is 5.60 Å². The molecule has 1 unspecified atom stereocenters. The number of esters is 2. The smallest absolute Gasteiger partial charge is 0.335 e. The molecular weight excluding hydrogens is 290 g/mol. The minimum atomic E-state index is -1.10. The lowest BCUT2D eigenvalue weighted by molar-refractivity contribution is -0.165. The summed E-state index contributed by atoms with van der Waals surface area (Å²) in [5.41, 5.74) is -0.950. The Balaban J connectivity index is 2.14. The molecule has 1 heterocycles. The second-order valence-corrected chi connectivity index (χ2v) is 7.14. The molecule has 6 heteroatoms. The van der Waals surface area contributed by atoms with Gasteiger partial charge in [-0.2, -0.15) is 0 Å². The van der Waals surface area contributed by atoms with Gasteiger partial charge in [0, 0.05) is 4.88 Å². The molecule has 1 aromatic heterocycles. The van der Waals surface area contributed by atoms with Gasteiger partial charge in [0.05, 0.1) is 12.6 Å². The van der Waals surface area contributed by atoms with Crippen LogP contribution in [0.25, 0.3) is 0 Å². The molecule has 1 aliphatic rings. The summed E-state index contributed by atoms with van der Waals surface area (Å²) in [4.78, 5) is 25.3. The lowest BCUT2D eigenvalue weighted by Crippen LogP contribution is -2.51. The Bertz CT molecular complexity index is 514. The molecule has 0 aromatic carbocycles. The van der Waals surface area contributed by atoms with Crippen LogP contribution in [-0.2, 0) is 24.6 Å². The minimum Gasteiger partial charge on any atom is -0.467 e. The van der Waals surface area contributed by atoms with E-state index in [1.54, 1.807) is 32.1 Å². The van der Waals surface area contributed by atoms with Gasteiger partial charge in [0.25, 0.3) is 0 Å². The van der Waals surface area contributed by atoms with E-state index in [0.29, 0.717) is 0 Å². The number of thiophene rings is 1. The quantitative estimate of drug-likeness (QED) is 0.667. The summed E-state index contributed by atoms with van der Waals surface area (Å²) >= 11 is 1.61. The Hall–Kier alpha value is -1.40. The molecule has 5 nitrogen and oxygen atoms in total. The maximum atomic E-state index is 12.3. The number of rotatable bonds is 5. The van der Waals surface area contributed by atoms with Crippen molar-refractivity contribution in [3.8, 4) is 0 Å². The van der Waals surface area contributed by atoms with Gasteiger partial charge in [0.2, 0.25) is 6.04 Å². The molecule has 0 amide bonds. The molecular formula is C15H21NO4S. The van der Waals surface area contributed by atoms with Crippen LogP contribution in [0.15, 0.2) is 17.5 Å². The predicted molar refractivity (Wildman–Crippen MR) is 80.0 cm³/mol. The van der Waals surface area contributed by atoms with E-state index >= 15 is 0 Å². The van der Waals surface area contributed by atoms with Gasteiger partial charge >= 0.3 is 11.9 Å². The van der Waals surface area contributed by atoms with Gasteiger partial charge in [-0.05, 0) is 45.1 Å². The van der Waals surface area contributed by atoms with Crippen molar-refractivity contribution in [1.29, 1.82) is 0 Å². The number of carbonyl (C=O) groups excluding carboxylic acids is 2. The average molecular weight is 311 g/mol. The van der Waals surface area contributed by atoms with E-state index < -0.39 is 23.6 Å². The maximum Gasteiger partial charge on any atom is 0.335 e. The Labute approximate surface area is 128 Å². The third kappa shape index (κ3) is 3.83. The van der Waals surface area contributed by atoms with Crippen molar-refractivity contribution in [1.82, 2.24) is 5.32 Å². The average Bonchev–Trinajstić information content (AvgIpc) is 2.96. The van der Waals surface area contributed by atoms with Gasteiger partial charge in [-0.15, -0.1) is 11.3 Å². The zero-order valence-corrected chi connectivity index (χ0v) is 13.6. The molecule has 1 N–H and O–H groups in total. The fourth-order valence-corrected chi connectivity index (χ4v) is 3.06. The van der Waals surface area contributed by atoms with E-state index in [2.05, 4.69) is 5.32 Å². The lowest BCUT2D eigenvalue weighted by atomic mass is 10.1. The minimum absolute atomic E-state index is 0.302. The number of hydrogen-bond acceptors (Lipinski definition) is 6. The number of carbonyl (C=O) groups is 2. The molecule has 1 atom stereocenters. The van der Waals surface area contributed by atoms with Crippen molar-refractivity contribution in [2.24, 2.45) is 0 Å². The fourth-order valence-electron chi connectivity index (χ4n) is 2.11. The van der Waals surface area contributed by atoms with Crippen molar-refractivity contribution in [3.63, 3.8) is 0 Å². The Kier molecular flexibility index (Phi) is 4.39. The monoisotopic (exact) mass is 311 g/mol. The number of hydrogen-bond donors (Lipinski definition) is 1. The summed E-state index contributed by atoms with van der Waals surface area (Å²) in [5, 5.41) is 5.13. The molecule has 0 saturated heterocycles. The number of ether oxygens (including phenoxy) is 2. The van der Waals surface area contributed by atoms with Crippen molar-refractivity contribution in [2.75, 3.05) is 7.11 Å². The maximum absolute atomic E-state index is 12.3. The molecule has 1 aliphatic carbocycles. The number of nitrogens with one attached hydrogen (secondary N) is 1. The molecule has 1 saturated carbocycles. The van der Waals surface area contributed by atoms with Crippen LogP contribution in [0.2, 0.25) is 0 Å². The zero-order chi connectivity index (χ0) is 15.7. The highest BCUT2D eigenvalue weighted by Crippen LogP contribution is 2.47. The van der Waals surface area contributed by atoms with E-state index in [9.17, 15) is 9.59 Å². The first-order valence-electron chi connectivity index (χ1n) is 6.90. The van der Waals surface area contributed by atoms with E-state index in [1.165, 1.54) is 7.11 Å². The molecule has 1 fully saturated rings. The van der Waals surface area contributed by atoms with Crippen LogP contribution in [0.4, 0.5) is 0 Å². The molecule has 2 rings (SSSR count). The van der Waals surface area contributed by atoms with Gasteiger partial charge in [-0.3, -0.25) is 5.32 Å². The normalized spacial score (nSPS) is 17.9. The van der Waals surface area contributed by atoms with Crippen LogP contribution in [0.1, 0.15) is 38.5 Å². The molecule has 1 aromatic rings. The van der Waals surface area contributed by atoms with Crippen LogP contribution in [-0.4, -0.2) is 30.7 Å². The Morgan fingerprint density at radius 3 is 2.43 bits per heavy atom. The van der Waals surface area contributed by atoms with E-state index in [0.717, 1.165) is 17.7 Å². The molecule has 0 bridgehead atoms. The fraction of sp³-hybridized carbons (Fsp3) is 0.600. The van der Waals surface area contributed by atoms with Crippen LogP contribution < -0.4 is 5.32 Å². The van der Waals surface area contributed by atoms with Crippen LogP contribution in [0.3, 0.4) is 0 Å². The SMILES string of the molecule is COC(=O)C(NC1(c2cccs2)CC1)C(=O)OC(C)(C)C. The predicted octanol–water partition coefficient (Wildman–Crippen LogP) is 2.21. The first kappa shape index (κ1) is 16.0. The summed E-state index contributed by atoms with van der Waals surface area (Å²) < 4.78 is 10.1. The van der Waals surface area contributed by atoms with Crippen LogP contribution in [0.5, 0.6) is 0 Å². The van der Waals surface area contributed by atoms with Crippen molar-refractivity contribution >= 4 is 23.3 Å². The largest absolute Gasteiger partial charge is 0.467 e. The standard InChI is InChI=1S/C15H21NO4S/c1-14(2,3)20-13(18)11(12(17)19-4)16-15(7-8-15)10-6-5-9-21-10/h5-6,9,11,16H,7-8H2,1-4H3. The second kappa shape index (κ2) is 5.77. The van der Waals surface area contributed by atoms with E-state index in [4.69, 9.17) is 9.47 Å². The van der Waals surface area contributed by atoms with Crippen LogP contribution >= 0.6 is 11.3 Å². The van der Waals surface area contributed by atoms with Gasteiger partial charge < -0.3 is 9.47 Å². The topological polar surface area (TPSA) is 64.6 Å². The summed E-state index contributed by atoms with van der Waals surface area (Å²) in [6.45, 7) is 5.31. The van der Waals surface area contributed by atoms with Crippen molar-refractivity contribution in [3.05, 3.63) is 22.4 Å². The molecule has 116 valence electrons. The molecule has 21 heavy (non-hydrogen) atoms. The highest BCUT2D eigenvalue weighted by molar-refractivity contribution is 7.10. The third-order valence-corrected chi connectivity index (χ3v) is 4.32. The Morgan fingerprint density at radius 2 is 2.00 bits per heavy atom. The molecule has 0 spiro atoms. The van der Waals surface area contributed by atoms with Crippen LogP contribution in [0, 0.1) is 0 Å².